The first kappa shape index (κ1) is 29.3. The Morgan fingerprint density at radius 3 is 2.75 bits per heavy atom. The molecule has 36 heavy (non-hydrogen) atoms. The molecule has 0 aromatic carbocycles. The summed E-state index contributed by atoms with van der Waals surface area (Å²) < 4.78 is 29.2. The van der Waals surface area contributed by atoms with Crippen molar-refractivity contribution >= 4 is 11.8 Å². The lowest BCUT2D eigenvalue weighted by atomic mass is 9.87. The monoisotopic (exact) mass is 508 g/mol. The molecule has 2 aliphatic heterocycles. The van der Waals surface area contributed by atoms with Crippen LogP contribution in [0.5, 0.6) is 0 Å². The third-order valence-electron chi connectivity index (χ3n) is 8.10. The second-order valence-electron chi connectivity index (χ2n) is 11.0. The molecule has 0 bridgehead atoms. The number of Topliss-reactive ketones (excluding diaryl/α,β-unsaturated/α-hetero) is 1. The molecule has 1 aliphatic carbocycles. The lowest BCUT2D eigenvalue weighted by Gasteiger charge is -2.29. The third-order valence-corrected chi connectivity index (χ3v) is 8.10. The molecule has 7 atom stereocenters. The second-order valence-corrected chi connectivity index (χ2v) is 11.0. The van der Waals surface area contributed by atoms with Crippen LogP contribution in [0.3, 0.4) is 0 Å². The molecule has 0 amide bonds. The molecule has 0 aromatic rings. The first-order valence-electron chi connectivity index (χ1n) is 14.2. The van der Waals surface area contributed by atoms with E-state index in [1.807, 2.05) is 0 Å². The van der Waals surface area contributed by atoms with Gasteiger partial charge in [0.1, 0.15) is 5.78 Å². The van der Waals surface area contributed by atoms with Gasteiger partial charge in [-0.3, -0.25) is 9.59 Å². The van der Waals surface area contributed by atoms with Crippen molar-refractivity contribution in [3.8, 4) is 0 Å². The number of unbranched alkanes of at least 4 members (excludes halogenated alkanes) is 2. The highest BCUT2D eigenvalue weighted by molar-refractivity contribution is 5.86. The number of ketones is 1. The van der Waals surface area contributed by atoms with Gasteiger partial charge in [0.25, 0.3) is 0 Å². The quantitative estimate of drug-likeness (QED) is 0.158. The number of allylic oxidation sites excluding steroid dienone is 1. The van der Waals surface area contributed by atoms with Crippen LogP contribution in [0.25, 0.3) is 0 Å². The molecule has 0 N–H and O–H groups in total. The van der Waals surface area contributed by atoms with Crippen LogP contribution in [-0.2, 0) is 33.3 Å². The molecule has 7 heteroatoms. The highest BCUT2D eigenvalue weighted by Gasteiger charge is 2.54. The summed E-state index contributed by atoms with van der Waals surface area (Å²) in [6.07, 6.45) is 15.3. The van der Waals surface area contributed by atoms with Crippen molar-refractivity contribution in [1.82, 2.24) is 0 Å². The van der Waals surface area contributed by atoms with Gasteiger partial charge in [-0.05, 0) is 44.4 Å². The number of carbonyl (C=O) groups excluding carboxylic acids is 2. The van der Waals surface area contributed by atoms with Crippen molar-refractivity contribution < 1.29 is 33.3 Å². The Kier molecular flexibility index (Phi) is 11.9. The number of methoxy groups -OCH3 is 2. The predicted octanol–water partition coefficient (Wildman–Crippen LogP) is 5.74. The van der Waals surface area contributed by atoms with Gasteiger partial charge in [0.05, 0.1) is 19.3 Å². The summed E-state index contributed by atoms with van der Waals surface area (Å²) in [7, 11) is 3.09. The van der Waals surface area contributed by atoms with E-state index in [1.165, 1.54) is 26.4 Å². The van der Waals surface area contributed by atoms with Crippen molar-refractivity contribution in [2.75, 3.05) is 20.8 Å². The van der Waals surface area contributed by atoms with Crippen molar-refractivity contribution in [3.05, 3.63) is 12.2 Å². The Bertz CT molecular complexity index is 716. The number of hydrogen-bond donors (Lipinski definition) is 0. The van der Waals surface area contributed by atoms with Gasteiger partial charge in [0, 0.05) is 51.2 Å². The minimum Gasteiger partial charge on any atom is -0.469 e. The van der Waals surface area contributed by atoms with E-state index >= 15 is 0 Å². The lowest BCUT2D eigenvalue weighted by molar-refractivity contribution is -0.216. The summed E-state index contributed by atoms with van der Waals surface area (Å²) in [6, 6.07) is 0. The molecule has 7 nitrogen and oxygen atoms in total. The first-order valence-corrected chi connectivity index (χ1v) is 14.2. The molecule has 1 saturated carbocycles. The fourth-order valence-electron chi connectivity index (χ4n) is 5.94. The van der Waals surface area contributed by atoms with Crippen LogP contribution in [0.15, 0.2) is 12.2 Å². The Morgan fingerprint density at radius 1 is 1.22 bits per heavy atom. The standard InChI is InChI=1S/C29H48O7/c1-5-6-11-21(2)18-22(35-28-13-8-10-17-34-28)14-15-23-24-20-29(33-4,36-26(24)19-25(23)30)16-9-7-12-27(31)32-3/h14-15,21-24,26,28H,5-13,16-20H2,1-4H3/b15-14+/t21-,22+,23+,24+,26-,28?,29?/m0/s1. The summed E-state index contributed by atoms with van der Waals surface area (Å²) >= 11 is 0. The normalized spacial score (nSPS) is 32.1. The average Bonchev–Trinajstić information content (AvgIpc) is 3.37. The topological polar surface area (TPSA) is 80.3 Å². The molecule has 3 rings (SSSR count). The largest absolute Gasteiger partial charge is 0.469 e. The summed E-state index contributed by atoms with van der Waals surface area (Å²) in [6.45, 7) is 5.27. The zero-order valence-electron chi connectivity index (χ0n) is 22.9. The van der Waals surface area contributed by atoms with E-state index in [0.717, 1.165) is 45.1 Å². The van der Waals surface area contributed by atoms with Crippen LogP contribution in [0.4, 0.5) is 0 Å². The fraction of sp³-hybridized carbons (Fsp3) is 0.862. The summed E-state index contributed by atoms with van der Waals surface area (Å²) in [5.74, 6) is -0.149. The van der Waals surface area contributed by atoms with E-state index in [2.05, 4.69) is 26.0 Å². The van der Waals surface area contributed by atoms with E-state index < -0.39 is 5.79 Å². The Hall–Kier alpha value is -1.28. The van der Waals surface area contributed by atoms with Crippen molar-refractivity contribution in [3.63, 3.8) is 0 Å². The van der Waals surface area contributed by atoms with Gasteiger partial charge in [-0.2, -0.15) is 0 Å². The molecule has 2 heterocycles. The van der Waals surface area contributed by atoms with E-state index in [0.29, 0.717) is 31.6 Å². The second kappa shape index (κ2) is 14.6. The number of fused-ring (bicyclic) bond motifs is 1. The van der Waals surface area contributed by atoms with E-state index in [4.69, 9.17) is 23.7 Å². The SMILES string of the molecule is CCCC[C@H](C)C[C@@H](/C=C/[C@H]1C(=O)C[C@@H]2OC(CCCCC(=O)OC)(OC)C[C@@H]21)OC1CCCCO1. The van der Waals surface area contributed by atoms with Crippen molar-refractivity contribution in [2.45, 2.75) is 122 Å². The molecule has 2 unspecified atom stereocenters. The maximum absolute atomic E-state index is 12.9. The van der Waals surface area contributed by atoms with Gasteiger partial charge in [0.15, 0.2) is 12.1 Å². The molecule has 2 saturated heterocycles. The minimum absolute atomic E-state index is 0.0559. The van der Waals surface area contributed by atoms with Gasteiger partial charge in [-0.25, -0.2) is 0 Å². The van der Waals surface area contributed by atoms with Crippen LogP contribution in [-0.4, -0.2) is 56.9 Å². The summed E-state index contributed by atoms with van der Waals surface area (Å²) in [5.41, 5.74) is 0. The number of rotatable bonds is 15. The third kappa shape index (κ3) is 8.37. The van der Waals surface area contributed by atoms with Crippen molar-refractivity contribution in [2.24, 2.45) is 17.8 Å². The fourth-order valence-corrected chi connectivity index (χ4v) is 5.94. The maximum Gasteiger partial charge on any atom is 0.305 e. The number of carbonyl (C=O) groups is 2. The number of hydrogen-bond acceptors (Lipinski definition) is 7. The summed E-state index contributed by atoms with van der Waals surface area (Å²) in [4.78, 5) is 24.4. The molecule has 3 aliphatic rings. The maximum atomic E-state index is 12.9. The smallest absolute Gasteiger partial charge is 0.305 e. The summed E-state index contributed by atoms with van der Waals surface area (Å²) in [5, 5.41) is 0. The van der Waals surface area contributed by atoms with Gasteiger partial charge in [0.2, 0.25) is 0 Å². The Balaban J connectivity index is 1.61. The Morgan fingerprint density at radius 2 is 2.06 bits per heavy atom. The number of esters is 1. The lowest BCUT2D eigenvalue weighted by Crippen LogP contribution is -2.32. The molecule has 206 valence electrons. The van der Waals surface area contributed by atoms with Crippen LogP contribution >= 0.6 is 0 Å². The van der Waals surface area contributed by atoms with Gasteiger partial charge in [-0.1, -0.05) is 45.3 Å². The minimum atomic E-state index is -0.682. The highest BCUT2D eigenvalue weighted by Crippen LogP contribution is 2.48. The molecule has 0 radical (unpaired) electrons. The molecular formula is C29H48O7. The zero-order chi connectivity index (χ0) is 26.0. The molecule has 0 spiro atoms. The zero-order valence-corrected chi connectivity index (χ0v) is 22.9. The molecular weight excluding hydrogens is 460 g/mol. The van der Waals surface area contributed by atoms with E-state index in [9.17, 15) is 9.59 Å². The van der Waals surface area contributed by atoms with Gasteiger partial charge in [-0.15, -0.1) is 0 Å². The van der Waals surface area contributed by atoms with E-state index in [1.54, 1.807) is 7.11 Å². The predicted molar refractivity (Wildman–Crippen MR) is 137 cm³/mol. The highest BCUT2D eigenvalue weighted by atomic mass is 16.7. The van der Waals surface area contributed by atoms with Gasteiger partial charge >= 0.3 is 5.97 Å². The van der Waals surface area contributed by atoms with Crippen molar-refractivity contribution in [1.29, 1.82) is 0 Å². The molecule has 3 fully saturated rings. The average molecular weight is 509 g/mol. The van der Waals surface area contributed by atoms with E-state index in [-0.39, 0.29) is 42.1 Å². The first-order chi connectivity index (χ1) is 17.4. The van der Waals surface area contributed by atoms with Crippen LogP contribution in [0.1, 0.15) is 97.3 Å². The molecule has 0 aromatic heterocycles. The Labute approximate surface area is 217 Å². The van der Waals surface area contributed by atoms with Crippen LogP contribution in [0, 0.1) is 17.8 Å². The van der Waals surface area contributed by atoms with Crippen LogP contribution < -0.4 is 0 Å². The number of ether oxygens (including phenoxy) is 5. The van der Waals surface area contributed by atoms with Crippen LogP contribution in [0.2, 0.25) is 0 Å². The van der Waals surface area contributed by atoms with Gasteiger partial charge < -0.3 is 23.7 Å².